The number of para-hydroxylation sites is 2. The molecule has 0 saturated heterocycles. The summed E-state index contributed by atoms with van der Waals surface area (Å²) in [6, 6.07) is 47.4. The summed E-state index contributed by atoms with van der Waals surface area (Å²) in [6.45, 7) is 0. The first-order chi connectivity index (χ1) is 22.8. The topological polar surface area (TPSA) is 48.0 Å². The second-order valence-electron chi connectivity index (χ2n) is 12.0. The van der Waals surface area contributed by atoms with E-state index in [-0.39, 0.29) is 0 Å². The van der Waals surface area contributed by atoms with Crippen molar-refractivity contribution in [3.8, 4) is 17.2 Å². The molecule has 0 aliphatic rings. The lowest BCUT2D eigenvalue weighted by molar-refractivity contribution is 1.01. The van der Waals surface area contributed by atoms with Crippen LogP contribution in [0.5, 0.6) is 0 Å². The minimum absolute atomic E-state index is 0.614. The van der Waals surface area contributed by atoms with Gasteiger partial charge in [0.2, 0.25) is 5.95 Å². The van der Waals surface area contributed by atoms with Crippen LogP contribution in [0, 0.1) is 0 Å². The molecule has 5 heterocycles. The molecule has 5 heteroatoms. The van der Waals surface area contributed by atoms with Crippen molar-refractivity contribution in [2.24, 2.45) is 0 Å². The maximum atomic E-state index is 5.30. The van der Waals surface area contributed by atoms with Gasteiger partial charge in [0, 0.05) is 54.9 Å². The van der Waals surface area contributed by atoms with E-state index in [2.05, 4.69) is 130 Å². The Morgan fingerprint density at radius 2 is 1.20 bits per heavy atom. The first-order valence-electron chi connectivity index (χ1n) is 15.6. The van der Waals surface area contributed by atoms with Crippen LogP contribution in [-0.2, 0) is 0 Å². The molecule has 5 aromatic heterocycles. The van der Waals surface area contributed by atoms with Crippen LogP contribution in [0.3, 0.4) is 0 Å². The van der Waals surface area contributed by atoms with Crippen LogP contribution in [0.15, 0.2) is 140 Å². The van der Waals surface area contributed by atoms with Gasteiger partial charge in [-0.3, -0.25) is 4.57 Å². The predicted molar refractivity (Wildman–Crippen MR) is 189 cm³/mol. The van der Waals surface area contributed by atoms with Gasteiger partial charge in [-0.05, 0) is 35.7 Å². The molecule has 0 aliphatic carbocycles. The third kappa shape index (κ3) is 2.97. The van der Waals surface area contributed by atoms with Crippen molar-refractivity contribution in [2.45, 2.75) is 0 Å². The molecule has 212 valence electrons. The molecule has 0 unspecified atom stereocenters. The van der Waals surface area contributed by atoms with Crippen molar-refractivity contribution in [1.82, 2.24) is 23.9 Å². The van der Waals surface area contributed by atoms with Crippen LogP contribution in [0.2, 0.25) is 0 Å². The zero-order chi connectivity index (χ0) is 29.9. The molecule has 6 aromatic carbocycles. The Kier molecular flexibility index (Phi) is 4.52. The highest BCUT2D eigenvalue weighted by atomic mass is 15.2. The third-order valence-corrected chi connectivity index (χ3v) is 9.69. The summed E-state index contributed by atoms with van der Waals surface area (Å²) in [6.07, 6.45) is 1.81. The Hall–Kier alpha value is -6.33. The van der Waals surface area contributed by atoms with E-state index in [1.54, 1.807) is 6.20 Å². The van der Waals surface area contributed by atoms with Gasteiger partial charge in [-0.2, -0.15) is 4.98 Å². The molecule has 0 aliphatic heterocycles. The summed E-state index contributed by atoms with van der Waals surface area (Å²) in [5, 5.41) is 10.8. The molecule has 0 spiro atoms. The summed E-state index contributed by atoms with van der Waals surface area (Å²) in [5.41, 5.74) is 8.47. The van der Waals surface area contributed by atoms with Gasteiger partial charge < -0.3 is 4.40 Å². The summed E-state index contributed by atoms with van der Waals surface area (Å²) >= 11 is 0. The molecule has 0 amide bonds. The molecule has 0 fully saturated rings. The quantitative estimate of drug-likeness (QED) is 0.203. The van der Waals surface area contributed by atoms with Crippen molar-refractivity contribution < 1.29 is 0 Å². The number of pyridine rings is 1. The zero-order valence-corrected chi connectivity index (χ0v) is 24.5. The number of hydrogen-bond acceptors (Lipinski definition) is 3. The summed E-state index contributed by atoms with van der Waals surface area (Å²) in [7, 11) is 0. The SMILES string of the molecule is c1ccc(-c2nc(-n3c4ccccc4c4c5c6ccc7ccccc7c6n6c7ccccc7c(cc43)c56)nc3ncccc23)cc1. The van der Waals surface area contributed by atoms with E-state index in [1.807, 2.05) is 12.1 Å². The van der Waals surface area contributed by atoms with Crippen molar-refractivity contribution in [3.05, 3.63) is 140 Å². The summed E-state index contributed by atoms with van der Waals surface area (Å²) < 4.78 is 4.74. The minimum atomic E-state index is 0.614. The molecule has 0 bridgehead atoms. The maximum absolute atomic E-state index is 5.30. The Labute approximate surface area is 261 Å². The number of rotatable bonds is 2. The Morgan fingerprint density at radius 3 is 2.09 bits per heavy atom. The maximum Gasteiger partial charge on any atom is 0.237 e. The number of hydrogen-bond donors (Lipinski definition) is 0. The normalized spacial score (nSPS) is 12.3. The molecule has 5 nitrogen and oxygen atoms in total. The van der Waals surface area contributed by atoms with E-state index in [0.717, 1.165) is 27.7 Å². The fraction of sp³-hybridized carbons (Fsp3) is 0. The van der Waals surface area contributed by atoms with Gasteiger partial charge in [0.25, 0.3) is 0 Å². The van der Waals surface area contributed by atoms with Gasteiger partial charge in [-0.15, -0.1) is 0 Å². The van der Waals surface area contributed by atoms with E-state index >= 15 is 0 Å². The van der Waals surface area contributed by atoms with Gasteiger partial charge >= 0.3 is 0 Å². The average molecular weight is 586 g/mol. The van der Waals surface area contributed by atoms with Crippen molar-refractivity contribution in [1.29, 1.82) is 0 Å². The van der Waals surface area contributed by atoms with Crippen LogP contribution in [-0.4, -0.2) is 23.9 Å². The number of nitrogens with zero attached hydrogens (tertiary/aromatic N) is 5. The molecular formula is C41H23N5. The van der Waals surface area contributed by atoms with Gasteiger partial charge in [0.1, 0.15) is 0 Å². The highest BCUT2D eigenvalue weighted by Gasteiger charge is 2.26. The standard InChI is InChI=1S/C41H23N5/c1-2-12-25(13-3-1)37-30-17-10-22-42-40(30)44-41(43-37)45-33-19-9-7-16-28(33)35-34(45)23-31-27-15-6-8-18-32(27)46-38-26-14-5-4-11-24(26)20-21-29(38)36(35)39(31)46/h1-23H. The van der Waals surface area contributed by atoms with Gasteiger partial charge in [0.05, 0.1) is 33.3 Å². The van der Waals surface area contributed by atoms with Crippen LogP contribution in [0.4, 0.5) is 0 Å². The lowest BCUT2D eigenvalue weighted by atomic mass is 10.0. The molecule has 0 atom stereocenters. The van der Waals surface area contributed by atoms with Crippen molar-refractivity contribution in [2.75, 3.05) is 0 Å². The van der Waals surface area contributed by atoms with Crippen LogP contribution in [0.1, 0.15) is 0 Å². The minimum Gasteiger partial charge on any atom is -0.307 e. The molecule has 11 rings (SSSR count). The fourth-order valence-electron chi connectivity index (χ4n) is 7.85. The second kappa shape index (κ2) is 8.65. The van der Waals surface area contributed by atoms with Crippen molar-refractivity contribution in [3.63, 3.8) is 0 Å². The lowest BCUT2D eigenvalue weighted by Crippen LogP contribution is -2.04. The molecule has 0 N–H and O–H groups in total. The predicted octanol–water partition coefficient (Wildman–Crippen LogP) is 10.1. The molecule has 0 radical (unpaired) electrons. The average Bonchev–Trinajstić information content (AvgIpc) is 3.76. The van der Waals surface area contributed by atoms with Crippen LogP contribution < -0.4 is 0 Å². The first-order valence-corrected chi connectivity index (χ1v) is 15.6. The van der Waals surface area contributed by atoms with Gasteiger partial charge in [-0.1, -0.05) is 103 Å². The van der Waals surface area contributed by atoms with Crippen LogP contribution in [0.25, 0.3) is 98.9 Å². The van der Waals surface area contributed by atoms with Crippen LogP contribution >= 0.6 is 0 Å². The molecule has 0 saturated carbocycles. The number of fused-ring (bicyclic) bond motifs is 13. The highest BCUT2D eigenvalue weighted by molar-refractivity contribution is 6.37. The molecular weight excluding hydrogens is 562 g/mol. The molecule has 46 heavy (non-hydrogen) atoms. The molecule has 11 aromatic rings. The largest absolute Gasteiger partial charge is 0.307 e. The Bertz CT molecular complexity index is 3020. The Balaban J connectivity index is 1.39. The monoisotopic (exact) mass is 585 g/mol. The van der Waals surface area contributed by atoms with E-state index in [1.165, 1.54) is 59.6 Å². The summed E-state index contributed by atoms with van der Waals surface area (Å²) in [4.78, 5) is 15.1. The first kappa shape index (κ1) is 24.0. The van der Waals surface area contributed by atoms with E-state index in [4.69, 9.17) is 15.0 Å². The smallest absolute Gasteiger partial charge is 0.237 e. The number of aromatic nitrogens is 5. The Morgan fingerprint density at radius 1 is 0.457 bits per heavy atom. The van der Waals surface area contributed by atoms with Gasteiger partial charge in [0.15, 0.2) is 5.65 Å². The fourth-order valence-corrected chi connectivity index (χ4v) is 7.85. The third-order valence-electron chi connectivity index (χ3n) is 9.69. The van der Waals surface area contributed by atoms with Crippen molar-refractivity contribution >= 4 is 81.7 Å². The van der Waals surface area contributed by atoms with Gasteiger partial charge in [-0.25, -0.2) is 9.97 Å². The lowest BCUT2D eigenvalue weighted by Gasteiger charge is -2.11. The second-order valence-corrected chi connectivity index (χ2v) is 12.0. The number of benzene rings is 6. The van der Waals surface area contributed by atoms with E-state index in [9.17, 15) is 0 Å². The van der Waals surface area contributed by atoms with E-state index < -0.39 is 0 Å². The highest BCUT2D eigenvalue weighted by Crippen LogP contribution is 2.47. The van der Waals surface area contributed by atoms with E-state index in [0.29, 0.717) is 11.6 Å². The summed E-state index contributed by atoms with van der Waals surface area (Å²) in [5.74, 6) is 0.614. The zero-order valence-electron chi connectivity index (χ0n) is 24.5.